The second-order valence-corrected chi connectivity index (χ2v) is 8.63. The van der Waals surface area contributed by atoms with Gasteiger partial charge in [0.15, 0.2) is 9.84 Å². The van der Waals surface area contributed by atoms with Crippen LogP contribution < -0.4 is 20.1 Å². The molecule has 0 atom stereocenters. The molecule has 0 unspecified atom stereocenters. The number of anilines is 2. The average Bonchev–Trinajstić information content (AvgIpc) is 2.65. The SMILES string of the molecule is COc1ccc(OC)c(NC(=O)CNc2ccc(C(C)C)cc2S(C)(=O)=O)c1. The summed E-state index contributed by atoms with van der Waals surface area (Å²) in [5, 5.41) is 5.65. The van der Waals surface area contributed by atoms with Crippen molar-refractivity contribution >= 4 is 27.1 Å². The largest absolute Gasteiger partial charge is 0.497 e. The molecule has 152 valence electrons. The van der Waals surface area contributed by atoms with Crippen LogP contribution in [0, 0.1) is 0 Å². The summed E-state index contributed by atoms with van der Waals surface area (Å²) < 4.78 is 34.7. The molecule has 0 fully saturated rings. The number of carbonyl (C=O) groups is 1. The molecule has 2 aromatic carbocycles. The number of carbonyl (C=O) groups excluding carboxylic acids is 1. The summed E-state index contributed by atoms with van der Waals surface area (Å²) >= 11 is 0. The van der Waals surface area contributed by atoms with Crippen LogP contribution in [0.15, 0.2) is 41.3 Å². The topological polar surface area (TPSA) is 93.7 Å². The summed E-state index contributed by atoms with van der Waals surface area (Å²) in [5.41, 5.74) is 1.77. The first-order chi connectivity index (χ1) is 13.2. The van der Waals surface area contributed by atoms with Crippen LogP contribution in [0.2, 0.25) is 0 Å². The number of methoxy groups -OCH3 is 2. The fourth-order valence-electron chi connectivity index (χ4n) is 2.63. The van der Waals surface area contributed by atoms with Crippen LogP contribution in [0.1, 0.15) is 25.3 Å². The molecule has 0 saturated heterocycles. The minimum Gasteiger partial charge on any atom is -0.497 e. The van der Waals surface area contributed by atoms with Crippen LogP contribution in [0.3, 0.4) is 0 Å². The normalized spacial score (nSPS) is 11.2. The molecule has 0 aliphatic carbocycles. The molecule has 1 amide bonds. The third-order valence-electron chi connectivity index (χ3n) is 4.19. The van der Waals surface area contributed by atoms with Gasteiger partial charge in [-0.1, -0.05) is 19.9 Å². The van der Waals surface area contributed by atoms with Gasteiger partial charge in [0.25, 0.3) is 0 Å². The molecule has 0 aromatic heterocycles. The van der Waals surface area contributed by atoms with E-state index in [9.17, 15) is 13.2 Å². The van der Waals surface area contributed by atoms with Crippen molar-refractivity contribution in [2.75, 3.05) is 37.7 Å². The lowest BCUT2D eigenvalue weighted by Crippen LogP contribution is -2.23. The average molecular weight is 407 g/mol. The third kappa shape index (κ3) is 5.39. The minimum atomic E-state index is -3.45. The van der Waals surface area contributed by atoms with Crippen LogP contribution in [0.25, 0.3) is 0 Å². The van der Waals surface area contributed by atoms with Gasteiger partial charge in [0.2, 0.25) is 5.91 Å². The van der Waals surface area contributed by atoms with Crippen molar-refractivity contribution in [3.63, 3.8) is 0 Å². The molecule has 0 aliphatic heterocycles. The van der Waals surface area contributed by atoms with Gasteiger partial charge in [-0.3, -0.25) is 4.79 Å². The van der Waals surface area contributed by atoms with Gasteiger partial charge in [-0.25, -0.2) is 8.42 Å². The van der Waals surface area contributed by atoms with Crippen LogP contribution in [-0.4, -0.2) is 41.3 Å². The van der Waals surface area contributed by atoms with E-state index in [0.717, 1.165) is 11.8 Å². The predicted molar refractivity (Wildman–Crippen MR) is 110 cm³/mol. The summed E-state index contributed by atoms with van der Waals surface area (Å²) in [6, 6.07) is 10.2. The molecule has 0 aliphatic rings. The van der Waals surface area contributed by atoms with Gasteiger partial charge < -0.3 is 20.1 Å². The van der Waals surface area contributed by atoms with E-state index < -0.39 is 9.84 Å². The molecule has 2 aromatic rings. The number of hydrogen-bond acceptors (Lipinski definition) is 6. The Morgan fingerprint density at radius 1 is 1.04 bits per heavy atom. The van der Waals surface area contributed by atoms with E-state index in [-0.39, 0.29) is 23.3 Å². The monoisotopic (exact) mass is 406 g/mol. The Labute approximate surface area is 166 Å². The lowest BCUT2D eigenvalue weighted by molar-refractivity contribution is -0.114. The molecule has 8 heteroatoms. The number of hydrogen-bond donors (Lipinski definition) is 2. The molecule has 0 heterocycles. The van der Waals surface area contributed by atoms with Crippen molar-refractivity contribution in [1.82, 2.24) is 0 Å². The zero-order valence-electron chi connectivity index (χ0n) is 16.7. The predicted octanol–water partition coefficient (Wildman–Crippen LogP) is 3.28. The van der Waals surface area contributed by atoms with Crippen molar-refractivity contribution in [2.24, 2.45) is 0 Å². The summed E-state index contributed by atoms with van der Waals surface area (Å²) in [4.78, 5) is 12.5. The molecule has 0 spiro atoms. The lowest BCUT2D eigenvalue weighted by Gasteiger charge is -2.15. The fraction of sp³-hybridized carbons (Fsp3) is 0.350. The fourth-order valence-corrected chi connectivity index (χ4v) is 3.52. The maximum absolute atomic E-state index is 12.4. The first-order valence-corrected chi connectivity index (χ1v) is 10.6. The second kappa shape index (κ2) is 8.97. The molecule has 2 rings (SSSR count). The lowest BCUT2D eigenvalue weighted by atomic mass is 10.0. The summed E-state index contributed by atoms with van der Waals surface area (Å²) in [6.07, 6.45) is 1.15. The first kappa shape index (κ1) is 21.6. The second-order valence-electron chi connectivity index (χ2n) is 6.65. The van der Waals surface area contributed by atoms with Crippen molar-refractivity contribution < 1.29 is 22.7 Å². The number of sulfone groups is 1. The van der Waals surface area contributed by atoms with Gasteiger partial charge in [-0.2, -0.15) is 0 Å². The van der Waals surface area contributed by atoms with E-state index in [4.69, 9.17) is 9.47 Å². The number of ether oxygens (including phenoxy) is 2. The van der Waals surface area contributed by atoms with Crippen molar-refractivity contribution in [2.45, 2.75) is 24.7 Å². The van der Waals surface area contributed by atoms with Crippen molar-refractivity contribution in [3.8, 4) is 11.5 Å². The molecule has 7 nitrogen and oxygen atoms in total. The van der Waals surface area contributed by atoms with Gasteiger partial charge in [0.1, 0.15) is 11.5 Å². The van der Waals surface area contributed by atoms with E-state index in [0.29, 0.717) is 22.9 Å². The van der Waals surface area contributed by atoms with Crippen LogP contribution in [0.4, 0.5) is 11.4 Å². The highest BCUT2D eigenvalue weighted by Crippen LogP contribution is 2.29. The number of nitrogens with one attached hydrogen (secondary N) is 2. The summed E-state index contributed by atoms with van der Waals surface area (Å²) in [7, 11) is -0.412. The van der Waals surface area contributed by atoms with Crippen LogP contribution in [-0.2, 0) is 14.6 Å². The van der Waals surface area contributed by atoms with Gasteiger partial charge in [-0.15, -0.1) is 0 Å². The highest BCUT2D eigenvalue weighted by atomic mass is 32.2. The highest BCUT2D eigenvalue weighted by molar-refractivity contribution is 7.90. The Morgan fingerprint density at radius 3 is 2.32 bits per heavy atom. The first-order valence-electron chi connectivity index (χ1n) is 8.75. The standard InChI is InChI=1S/C20H26N2O5S/c1-13(2)14-6-8-16(19(10-14)28(5,24)25)21-12-20(23)22-17-11-15(26-3)7-9-18(17)27-4/h6-11,13,21H,12H2,1-5H3,(H,22,23). The van der Waals surface area contributed by atoms with Gasteiger partial charge in [-0.05, 0) is 35.7 Å². The highest BCUT2D eigenvalue weighted by Gasteiger charge is 2.16. The summed E-state index contributed by atoms with van der Waals surface area (Å²) in [5.74, 6) is 0.914. The minimum absolute atomic E-state index is 0.107. The zero-order valence-corrected chi connectivity index (χ0v) is 17.5. The van der Waals surface area contributed by atoms with Gasteiger partial charge >= 0.3 is 0 Å². The number of rotatable bonds is 8. The van der Waals surface area contributed by atoms with E-state index in [2.05, 4.69) is 10.6 Å². The Morgan fingerprint density at radius 2 is 1.75 bits per heavy atom. The maximum Gasteiger partial charge on any atom is 0.243 e. The number of amides is 1. The van der Waals surface area contributed by atoms with E-state index in [1.165, 1.54) is 14.2 Å². The molecule has 28 heavy (non-hydrogen) atoms. The van der Waals surface area contributed by atoms with Crippen LogP contribution >= 0.6 is 0 Å². The molecular weight excluding hydrogens is 380 g/mol. The molecular formula is C20H26N2O5S. The molecule has 2 N–H and O–H groups in total. The van der Waals surface area contributed by atoms with Crippen molar-refractivity contribution in [3.05, 3.63) is 42.0 Å². The van der Waals surface area contributed by atoms with E-state index in [1.807, 2.05) is 19.9 Å². The number of benzene rings is 2. The summed E-state index contributed by atoms with van der Waals surface area (Å²) in [6.45, 7) is 3.87. The Bertz CT molecular complexity index is 955. The Balaban J connectivity index is 2.17. The molecule has 0 radical (unpaired) electrons. The van der Waals surface area contributed by atoms with Gasteiger partial charge in [0.05, 0.1) is 37.0 Å². The van der Waals surface area contributed by atoms with E-state index in [1.54, 1.807) is 30.3 Å². The quantitative estimate of drug-likeness (QED) is 0.699. The maximum atomic E-state index is 12.4. The van der Waals surface area contributed by atoms with E-state index >= 15 is 0 Å². The zero-order chi connectivity index (χ0) is 20.9. The van der Waals surface area contributed by atoms with Crippen LogP contribution in [0.5, 0.6) is 11.5 Å². The van der Waals surface area contributed by atoms with Crippen molar-refractivity contribution in [1.29, 1.82) is 0 Å². The third-order valence-corrected chi connectivity index (χ3v) is 5.33. The Hall–Kier alpha value is -2.74. The Kier molecular flexibility index (Phi) is 6.90. The smallest absolute Gasteiger partial charge is 0.243 e. The van der Waals surface area contributed by atoms with Gasteiger partial charge in [0, 0.05) is 12.3 Å². The molecule has 0 saturated carbocycles. The molecule has 0 bridgehead atoms.